The summed E-state index contributed by atoms with van der Waals surface area (Å²) in [6.45, 7) is 10.4. The third-order valence-electron chi connectivity index (χ3n) is 3.13. The van der Waals surface area contributed by atoms with Gasteiger partial charge in [0.15, 0.2) is 0 Å². The Hall–Kier alpha value is -0.120. The van der Waals surface area contributed by atoms with E-state index in [4.69, 9.17) is 4.74 Å². The second-order valence-corrected chi connectivity index (χ2v) is 5.42. The van der Waals surface area contributed by atoms with E-state index in [0.29, 0.717) is 12.0 Å². The van der Waals surface area contributed by atoms with Crippen molar-refractivity contribution in [2.24, 2.45) is 5.92 Å². The molecule has 1 rings (SSSR count). The molecule has 1 N–H and O–H groups in total. The molecule has 3 nitrogen and oxygen atoms in total. The van der Waals surface area contributed by atoms with Gasteiger partial charge in [-0.2, -0.15) is 0 Å². The molecule has 0 amide bonds. The SMILES string of the molecule is CC(C)COCCNCC(C)N(C)C1CC1. The Balaban J connectivity index is 1.90. The molecule has 0 heterocycles. The monoisotopic (exact) mass is 228 g/mol. The number of hydrogen-bond acceptors (Lipinski definition) is 3. The molecule has 16 heavy (non-hydrogen) atoms. The molecule has 1 saturated carbocycles. The maximum atomic E-state index is 5.52. The number of rotatable bonds is 9. The molecule has 0 bridgehead atoms. The van der Waals surface area contributed by atoms with Crippen molar-refractivity contribution in [2.45, 2.75) is 45.7 Å². The fourth-order valence-corrected chi connectivity index (χ4v) is 1.76. The highest BCUT2D eigenvalue weighted by molar-refractivity contribution is 4.85. The van der Waals surface area contributed by atoms with E-state index in [2.05, 4.69) is 38.0 Å². The number of likely N-dealkylation sites (N-methyl/N-ethyl adjacent to an activating group) is 1. The van der Waals surface area contributed by atoms with Gasteiger partial charge in [-0.1, -0.05) is 13.8 Å². The quantitative estimate of drug-likeness (QED) is 0.608. The Morgan fingerprint density at radius 1 is 1.31 bits per heavy atom. The smallest absolute Gasteiger partial charge is 0.0591 e. The van der Waals surface area contributed by atoms with Gasteiger partial charge in [-0.25, -0.2) is 0 Å². The minimum atomic E-state index is 0.637. The van der Waals surface area contributed by atoms with Crippen molar-refractivity contribution in [3.05, 3.63) is 0 Å². The van der Waals surface area contributed by atoms with E-state index in [9.17, 15) is 0 Å². The highest BCUT2D eigenvalue weighted by Crippen LogP contribution is 2.26. The van der Waals surface area contributed by atoms with Gasteiger partial charge in [0.1, 0.15) is 0 Å². The molecule has 1 aliphatic rings. The van der Waals surface area contributed by atoms with Gasteiger partial charge in [0.25, 0.3) is 0 Å². The summed E-state index contributed by atoms with van der Waals surface area (Å²) in [4.78, 5) is 2.49. The molecule has 0 saturated heterocycles. The number of nitrogens with one attached hydrogen (secondary N) is 1. The minimum Gasteiger partial charge on any atom is -0.380 e. The maximum Gasteiger partial charge on any atom is 0.0591 e. The molecule has 3 heteroatoms. The third kappa shape index (κ3) is 5.83. The molecular weight excluding hydrogens is 200 g/mol. The van der Waals surface area contributed by atoms with Gasteiger partial charge in [-0.15, -0.1) is 0 Å². The van der Waals surface area contributed by atoms with Crippen molar-refractivity contribution in [1.29, 1.82) is 0 Å². The lowest BCUT2D eigenvalue weighted by Crippen LogP contribution is -2.40. The summed E-state index contributed by atoms with van der Waals surface area (Å²) in [5, 5.41) is 3.46. The van der Waals surface area contributed by atoms with Crippen molar-refractivity contribution in [3.63, 3.8) is 0 Å². The Morgan fingerprint density at radius 2 is 2.00 bits per heavy atom. The topological polar surface area (TPSA) is 24.5 Å². The molecule has 0 aliphatic heterocycles. The van der Waals surface area contributed by atoms with Gasteiger partial charge in [-0.3, -0.25) is 4.90 Å². The van der Waals surface area contributed by atoms with Crippen molar-refractivity contribution in [1.82, 2.24) is 10.2 Å². The van der Waals surface area contributed by atoms with Crippen LogP contribution in [0.4, 0.5) is 0 Å². The first kappa shape index (κ1) is 13.9. The third-order valence-corrected chi connectivity index (χ3v) is 3.13. The van der Waals surface area contributed by atoms with Crippen LogP contribution in [0.1, 0.15) is 33.6 Å². The number of nitrogens with zero attached hydrogens (tertiary/aromatic N) is 1. The van der Waals surface area contributed by atoms with Crippen LogP contribution in [-0.4, -0.2) is 50.3 Å². The zero-order valence-electron chi connectivity index (χ0n) is 11.3. The molecule has 0 aromatic heterocycles. The van der Waals surface area contributed by atoms with E-state index in [-0.39, 0.29) is 0 Å². The largest absolute Gasteiger partial charge is 0.380 e. The van der Waals surface area contributed by atoms with Gasteiger partial charge >= 0.3 is 0 Å². The first-order chi connectivity index (χ1) is 7.61. The molecule has 96 valence electrons. The summed E-state index contributed by atoms with van der Waals surface area (Å²) in [5.74, 6) is 0.639. The fourth-order valence-electron chi connectivity index (χ4n) is 1.76. The Bertz CT molecular complexity index is 181. The predicted molar refractivity (Wildman–Crippen MR) is 68.8 cm³/mol. The summed E-state index contributed by atoms with van der Waals surface area (Å²) in [6, 6.07) is 1.49. The first-order valence-corrected chi connectivity index (χ1v) is 6.61. The van der Waals surface area contributed by atoms with Crippen LogP contribution in [0.15, 0.2) is 0 Å². The molecule has 0 aromatic carbocycles. The van der Waals surface area contributed by atoms with E-state index in [0.717, 1.165) is 32.3 Å². The lowest BCUT2D eigenvalue weighted by molar-refractivity contribution is 0.110. The van der Waals surface area contributed by atoms with Crippen LogP contribution in [0.25, 0.3) is 0 Å². The van der Waals surface area contributed by atoms with E-state index in [1.807, 2.05) is 0 Å². The van der Waals surface area contributed by atoms with Gasteiger partial charge in [0, 0.05) is 31.8 Å². The van der Waals surface area contributed by atoms with E-state index >= 15 is 0 Å². The van der Waals surface area contributed by atoms with Crippen molar-refractivity contribution in [2.75, 3.05) is 33.4 Å². The molecule has 0 spiro atoms. The average molecular weight is 228 g/mol. The Morgan fingerprint density at radius 3 is 2.56 bits per heavy atom. The molecule has 1 atom stereocenters. The lowest BCUT2D eigenvalue weighted by atomic mass is 10.2. The molecule has 1 unspecified atom stereocenters. The van der Waals surface area contributed by atoms with Crippen LogP contribution in [0.2, 0.25) is 0 Å². The van der Waals surface area contributed by atoms with Crippen LogP contribution >= 0.6 is 0 Å². The summed E-state index contributed by atoms with van der Waals surface area (Å²) in [5.41, 5.74) is 0. The summed E-state index contributed by atoms with van der Waals surface area (Å²) < 4.78 is 5.52. The molecule has 1 aliphatic carbocycles. The van der Waals surface area contributed by atoms with E-state index in [1.165, 1.54) is 12.8 Å². The van der Waals surface area contributed by atoms with Gasteiger partial charge in [-0.05, 0) is 32.7 Å². The van der Waals surface area contributed by atoms with Crippen LogP contribution in [0, 0.1) is 5.92 Å². The van der Waals surface area contributed by atoms with Gasteiger partial charge in [0.2, 0.25) is 0 Å². The van der Waals surface area contributed by atoms with Crippen LogP contribution in [0.3, 0.4) is 0 Å². The lowest BCUT2D eigenvalue weighted by Gasteiger charge is -2.24. The van der Waals surface area contributed by atoms with Crippen molar-refractivity contribution < 1.29 is 4.74 Å². The van der Waals surface area contributed by atoms with Gasteiger partial charge in [0.05, 0.1) is 6.61 Å². The molecule has 1 fully saturated rings. The van der Waals surface area contributed by atoms with E-state index in [1.54, 1.807) is 0 Å². The average Bonchev–Trinajstić information content (AvgIpc) is 3.05. The minimum absolute atomic E-state index is 0.637. The second kappa shape index (κ2) is 7.25. The summed E-state index contributed by atoms with van der Waals surface area (Å²) in [7, 11) is 2.24. The van der Waals surface area contributed by atoms with Gasteiger partial charge < -0.3 is 10.1 Å². The number of hydrogen-bond donors (Lipinski definition) is 1. The summed E-state index contributed by atoms with van der Waals surface area (Å²) in [6.07, 6.45) is 2.77. The Kier molecular flexibility index (Phi) is 6.32. The van der Waals surface area contributed by atoms with E-state index < -0.39 is 0 Å². The summed E-state index contributed by atoms with van der Waals surface area (Å²) >= 11 is 0. The number of ether oxygens (including phenoxy) is 1. The first-order valence-electron chi connectivity index (χ1n) is 6.61. The standard InChI is InChI=1S/C13H28N2O/c1-11(2)10-16-8-7-14-9-12(3)15(4)13-5-6-13/h11-14H,5-10H2,1-4H3. The Labute approximate surface area is 101 Å². The molecular formula is C13H28N2O. The maximum absolute atomic E-state index is 5.52. The van der Waals surface area contributed by atoms with Crippen LogP contribution in [0.5, 0.6) is 0 Å². The van der Waals surface area contributed by atoms with Crippen molar-refractivity contribution >= 4 is 0 Å². The highest BCUT2D eigenvalue weighted by atomic mass is 16.5. The fraction of sp³-hybridized carbons (Fsp3) is 1.00. The van der Waals surface area contributed by atoms with Crippen LogP contribution < -0.4 is 5.32 Å². The normalized spacial score (nSPS) is 18.4. The second-order valence-electron chi connectivity index (χ2n) is 5.42. The van der Waals surface area contributed by atoms with Crippen LogP contribution in [-0.2, 0) is 4.74 Å². The van der Waals surface area contributed by atoms with Crippen molar-refractivity contribution in [3.8, 4) is 0 Å². The highest BCUT2D eigenvalue weighted by Gasteiger charge is 2.28. The zero-order chi connectivity index (χ0) is 12.0. The molecule has 0 aromatic rings. The predicted octanol–water partition coefficient (Wildman–Crippen LogP) is 1.73. The zero-order valence-corrected chi connectivity index (χ0v) is 11.3. The molecule has 0 radical (unpaired) electrons.